The smallest absolute Gasteiger partial charge is 0.364 e. The van der Waals surface area contributed by atoms with Crippen molar-refractivity contribution in [1.29, 1.82) is 0 Å². The fraction of sp³-hybridized carbons (Fsp3) is 0. The Morgan fingerprint density at radius 1 is 1.33 bits per heavy atom. The molecule has 3 rings (SSSR count). The third-order valence-electron chi connectivity index (χ3n) is 2.64. The van der Waals surface area contributed by atoms with Crippen LogP contribution < -0.4 is 10.4 Å². The molecule has 0 spiro atoms. The van der Waals surface area contributed by atoms with Crippen molar-refractivity contribution < 1.29 is 14.6 Å². The van der Waals surface area contributed by atoms with E-state index in [9.17, 15) is 9.59 Å². The third-order valence-corrected chi connectivity index (χ3v) is 3.30. The fourth-order valence-corrected chi connectivity index (χ4v) is 2.00. The molecule has 0 aliphatic carbocycles. The van der Waals surface area contributed by atoms with Crippen molar-refractivity contribution in [2.24, 2.45) is 0 Å². The number of aromatic amines is 1. The normalized spacial score (nSPS) is 10.7. The second-order valence-corrected chi connectivity index (χ2v) is 4.88. The first-order chi connectivity index (χ1) is 10.0. The number of nitrogens with zero attached hydrogens (tertiary/aromatic N) is 3. The molecule has 0 atom stereocenters. The Hall–Kier alpha value is -2.68. The van der Waals surface area contributed by atoms with Gasteiger partial charge in [0.05, 0.1) is 10.0 Å². The molecule has 9 heteroatoms. The summed E-state index contributed by atoms with van der Waals surface area (Å²) in [6.07, 6.45) is 0. The minimum atomic E-state index is -1.07. The molecule has 0 radical (unpaired) electrons. The van der Waals surface area contributed by atoms with Crippen LogP contribution in [0.3, 0.4) is 0 Å². The van der Waals surface area contributed by atoms with Crippen LogP contribution in [0.1, 0.15) is 10.4 Å². The number of carbonyl (C=O) groups is 1. The second kappa shape index (κ2) is 5.02. The minimum absolute atomic E-state index is 0.0785. The predicted octanol–water partition coefficient (Wildman–Crippen LogP) is 1.67. The van der Waals surface area contributed by atoms with Crippen LogP contribution in [0, 0.1) is 0 Å². The van der Waals surface area contributed by atoms with Gasteiger partial charge in [-0.15, -0.1) is 5.10 Å². The van der Waals surface area contributed by atoms with E-state index in [1.165, 1.54) is 18.2 Å². The number of carboxylic acid groups (broad SMARTS) is 1. The van der Waals surface area contributed by atoms with Crippen LogP contribution in [-0.4, -0.2) is 30.9 Å². The number of rotatable bonds is 3. The Balaban J connectivity index is 2.01. The summed E-state index contributed by atoms with van der Waals surface area (Å²) in [4.78, 5) is 22.4. The molecule has 21 heavy (non-hydrogen) atoms. The molecule has 0 saturated carbocycles. The molecule has 2 N–H and O–H groups in total. The van der Waals surface area contributed by atoms with Crippen LogP contribution in [0.15, 0.2) is 39.6 Å². The molecule has 0 fully saturated rings. The number of aromatic carboxylic acids is 1. The number of fused-ring (bicyclic) bond motifs is 1. The van der Waals surface area contributed by atoms with Gasteiger partial charge in [-0.2, -0.15) is 9.61 Å². The number of ether oxygens (including phenoxy) is 1. The van der Waals surface area contributed by atoms with Gasteiger partial charge in [-0.1, -0.05) is 0 Å². The lowest BCUT2D eigenvalue weighted by molar-refractivity contribution is 0.0696. The van der Waals surface area contributed by atoms with Crippen LogP contribution in [0.5, 0.6) is 11.6 Å². The van der Waals surface area contributed by atoms with Crippen molar-refractivity contribution in [3.8, 4) is 11.6 Å². The van der Waals surface area contributed by atoms with Crippen molar-refractivity contribution in [1.82, 2.24) is 19.8 Å². The maximum Gasteiger partial charge on any atom is 0.364 e. The molecule has 0 bridgehead atoms. The quantitative estimate of drug-likeness (QED) is 0.743. The van der Waals surface area contributed by atoms with Crippen LogP contribution in [0.2, 0.25) is 0 Å². The van der Waals surface area contributed by atoms with E-state index >= 15 is 0 Å². The lowest BCUT2D eigenvalue weighted by Crippen LogP contribution is -2.12. The summed E-state index contributed by atoms with van der Waals surface area (Å²) < 4.78 is 7.12. The van der Waals surface area contributed by atoms with Crippen molar-refractivity contribution >= 4 is 27.5 Å². The third kappa shape index (κ3) is 2.50. The van der Waals surface area contributed by atoms with Crippen LogP contribution in [-0.2, 0) is 0 Å². The fourth-order valence-electron chi connectivity index (χ4n) is 1.67. The number of H-pyrrole nitrogens is 1. The van der Waals surface area contributed by atoms with Gasteiger partial charge in [0.15, 0.2) is 5.65 Å². The zero-order valence-corrected chi connectivity index (χ0v) is 11.9. The van der Waals surface area contributed by atoms with Gasteiger partial charge < -0.3 is 9.84 Å². The number of benzene rings is 1. The number of aromatic nitrogens is 4. The zero-order chi connectivity index (χ0) is 15.0. The first-order valence-electron chi connectivity index (χ1n) is 5.70. The molecule has 0 aliphatic rings. The Labute approximate surface area is 125 Å². The molecule has 0 amide bonds. The molecule has 3 aromatic rings. The van der Waals surface area contributed by atoms with Gasteiger partial charge in [0.2, 0.25) is 5.88 Å². The van der Waals surface area contributed by atoms with Gasteiger partial charge in [0.25, 0.3) is 0 Å². The Morgan fingerprint density at radius 2 is 2.14 bits per heavy atom. The van der Waals surface area contributed by atoms with E-state index in [0.717, 1.165) is 4.52 Å². The largest absolute Gasteiger partial charge is 0.478 e. The number of halogens is 1. The molecule has 1 aromatic carbocycles. The van der Waals surface area contributed by atoms with Crippen molar-refractivity contribution in [3.05, 3.63) is 50.9 Å². The van der Waals surface area contributed by atoms with Crippen LogP contribution >= 0.6 is 15.9 Å². The highest BCUT2D eigenvalue weighted by Crippen LogP contribution is 2.29. The van der Waals surface area contributed by atoms with E-state index in [0.29, 0.717) is 10.1 Å². The van der Waals surface area contributed by atoms with Gasteiger partial charge in [-0.3, -0.25) is 0 Å². The van der Waals surface area contributed by atoms with Crippen molar-refractivity contribution in [2.75, 3.05) is 0 Å². The molecule has 8 nitrogen and oxygen atoms in total. The Kier molecular flexibility index (Phi) is 3.18. The summed E-state index contributed by atoms with van der Waals surface area (Å²) in [6, 6.07) is 7.43. The van der Waals surface area contributed by atoms with E-state index in [1.54, 1.807) is 12.1 Å². The maximum absolute atomic E-state index is 11.4. The van der Waals surface area contributed by atoms with Crippen molar-refractivity contribution in [2.45, 2.75) is 0 Å². The Bertz CT molecular complexity index is 902. The summed E-state index contributed by atoms with van der Waals surface area (Å²) in [6.45, 7) is 0. The first kappa shape index (κ1) is 13.3. The van der Waals surface area contributed by atoms with Crippen LogP contribution in [0.4, 0.5) is 0 Å². The van der Waals surface area contributed by atoms with E-state index in [2.05, 4.69) is 31.2 Å². The average molecular weight is 351 g/mol. The van der Waals surface area contributed by atoms with Gasteiger partial charge in [-0.25, -0.2) is 14.7 Å². The summed E-state index contributed by atoms with van der Waals surface area (Å²) in [5.41, 5.74) is -0.0609. The highest BCUT2D eigenvalue weighted by atomic mass is 79.9. The molecule has 0 unspecified atom stereocenters. The van der Waals surface area contributed by atoms with Gasteiger partial charge in [0.1, 0.15) is 5.75 Å². The minimum Gasteiger partial charge on any atom is -0.478 e. The lowest BCUT2D eigenvalue weighted by Gasteiger charge is -2.07. The molecule has 2 aromatic heterocycles. The number of hydrogen-bond donors (Lipinski definition) is 2. The van der Waals surface area contributed by atoms with Gasteiger partial charge in [-0.05, 0) is 40.2 Å². The topological polar surface area (TPSA) is 110 Å². The molecule has 106 valence electrons. The van der Waals surface area contributed by atoms with E-state index < -0.39 is 11.7 Å². The number of carboxylic acids is 1. The number of nitrogens with one attached hydrogen (secondary N) is 1. The van der Waals surface area contributed by atoms with Crippen molar-refractivity contribution in [3.63, 3.8) is 0 Å². The molecular weight excluding hydrogens is 344 g/mol. The van der Waals surface area contributed by atoms with Gasteiger partial charge >= 0.3 is 11.7 Å². The molecular formula is C12H7BrN4O4. The summed E-state index contributed by atoms with van der Waals surface area (Å²) >= 11 is 3.26. The summed E-state index contributed by atoms with van der Waals surface area (Å²) in [7, 11) is 0. The Morgan fingerprint density at radius 3 is 2.90 bits per heavy atom. The molecule has 0 saturated heterocycles. The SMILES string of the molecule is O=C(O)c1ccc(Br)c(Oc2ccc3n[nH]c(=O)n3n2)c1. The standard InChI is InChI=1S/C12H7BrN4O4/c13-7-2-1-6(11(18)19)5-8(7)21-10-4-3-9-14-15-12(20)17(9)16-10/h1-5H,(H,15,20)(H,18,19). The highest BCUT2D eigenvalue weighted by Gasteiger charge is 2.10. The predicted molar refractivity (Wildman–Crippen MR) is 74.8 cm³/mol. The van der Waals surface area contributed by atoms with Crippen LogP contribution in [0.25, 0.3) is 5.65 Å². The van der Waals surface area contributed by atoms with Gasteiger partial charge in [0, 0.05) is 6.07 Å². The number of hydrogen-bond acceptors (Lipinski definition) is 5. The zero-order valence-electron chi connectivity index (χ0n) is 10.3. The van der Waals surface area contributed by atoms with E-state index in [1.807, 2.05) is 0 Å². The molecule has 0 aliphatic heterocycles. The summed E-state index contributed by atoms with van der Waals surface area (Å²) in [5, 5.41) is 18.9. The van der Waals surface area contributed by atoms with E-state index in [-0.39, 0.29) is 17.2 Å². The average Bonchev–Trinajstić information content (AvgIpc) is 2.82. The monoisotopic (exact) mass is 350 g/mol. The maximum atomic E-state index is 11.4. The second-order valence-electron chi connectivity index (χ2n) is 4.02. The first-order valence-corrected chi connectivity index (χ1v) is 6.49. The summed E-state index contributed by atoms with van der Waals surface area (Å²) in [5.74, 6) is -0.658. The lowest BCUT2D eigenvalue weighted by atomic mass is 10.2. The molecule has 2 heterocycles. The highest BCUT2D eigenvalue weighted by molar-refractivity contribution is 9.10. The van der Waals surface area contributed by atoms with E-state index in [4.69, 9.17) is 9.84 Å².